The Balaban J connectivity index is 2.20. The molecule has 2 rings (SSSR count). The Bertz CT molecular complexity index is 498. The molecule has 0 atom stereocenters. The summed E-state index contributed by atoms with van der Waals surface area (Å²) in [6.07, 6.45) is 5.47. The summed E-state index contributed by atoms with van der Waals surface area (Å²) in [5, 5.41) is 12.2. The summed E-state index contributed by atoms with van der Waals surface area (Å²) in [5.41, 5.74) is 5.38. The van der Waals surface area contributed by atoms with Crippen LogP contribution in [0.1, 0.15) is 29.6 Å². The van der Waals surface area contributed by atoms with Crippen LogP contribution >= 0.6 is 11.8 Å². The van der Waals surface area contributed by atoms with Crippen molar-refractivity contribution in [2.75, 3.05) is 23.9 Å². The topological polar surface area (TPSA) is 75.3 Å². The van der Waals surface area contributed by atoms with Gasteiger partial charge in [-0.2, -0.15) is 11.8 Å². The third kappa shape index (κ3) is 2.63. The Kier molecular flexibility index (Phi) is 3.89. The van der Waals surface area contributed by atoms with Gasteiger partial charge >= 0.3 is 5.97 Å². The highest BCUT2D eigenvalue weighted by atomic mass is 32.2. The van der Waals surface area contributed by atoms with E-state index in [4.69, 9.17) is 10.8 Å². The number of hydrogen-bond donors (Lipinski definition) is 3. The highest BCUT2D eigenvalue weighted by molar-refractivity contribution is 8.00. The van der Waals surface area contributed by atoms with E-state index in [1.165, 1.54) is 18.6 Å². The molecule has 0 saturated heterocycles. The second-order valence-electron chi connectivity index (χ2n) is 4.78. The van der Waals surface area contributed by atoms with Crippen LogP contribution in [0.2, 0.25) is 0 Å². The Morgan fingerprint density at radius 1 is 1.58 bits per heavy atom. The van der Waals surface area contributed by atoms with E-state index in [1.807, 2.05) is 0 Å². The number of thioether (sulfide) groups is 1. The minimum Gasteiger partial charge on any atom is -0.478 e. The molecule has 6 heteroatoms. The quantitative estimate of drug-likeness (QED) is 0.725. The average molecular weight is 284 g/mol. The van der Waals surface area contributed by atoms with Crippen molar-refractivity contribution in [2.24, 2.45) is 0 Å². The average Bonchev–Trinajstić information content (AvgIpc) is 2.32. The summed E-state index contributed by atoms with van der Waals surface area (Å²) >= 11 is 1.78. The molecule has 0 amide bonds. The number of aromatic carboxylic acids is 1. The number of nitrogens with two attached hydrogens (primary N) is 1. The molecule has 0 aromatic heterocycles. The minimum absolute atomic E-state index is 0.166. The fourth-order valence-corrected chi connectivity index (χ4v) is 3.17. The number of benzene rings is 1. The summed E-state index contributed by atoms with van der Waals surface area (Å²) in [5.74, 6) is -1.92. The molecule has 19 heavy (non-hydrogen) atoms. The van der Waals surface area contributed by atoms with Gasteiger partial charge < -0.3 is 16.2 Å². The second-order valence-corrected chi connectivity index (χ2v) is 6.06. The SMILES string of the molecule is CSC1(CNc2ccc(F)c(N)c2C(=O)O)CCC1. The minimum atomic E-state index is -1.22. The van der Waals surface area contributed by atoms with Crippen LogP contribution in [0.25, 0.3) is 0 Å². The maximum Gasteiger partial charge on any atom is 0.340 e. The number of carbonyl (C=O) groups is 1. The molecule has 0 radical (unpaired) electrons. The van der Waals surface area contributed by atoms with Crippen molar-refractivity contribution < 1.29 is 14.3 Å². The van der Waals surface area contributed by atoms with Crippen molar-refractivity contribution in [2.45, 2.75) is 24.0 Å². The molecule has 104 valence electrons. The van der Waals surface area contributed by atoms with Crippen LogP contribution in [-0.2, 0) is 0 Å². The third-order valence-corrected chi connectivity index (χ3v) is 5.12. The first-order valence-corrected chi connectivity index (χ1v) is 7.32. The Morgan fingerprint density at radius 2 is 2.26 bits per heavy atom. The van der Waals surface area contributed by atoms with Gasteiger partial charge in [-0.05, 0) is 31.2 Å². The predicted molar refractivity (Wildman–Crippen MR) is 76.4 cm³/mol. The summed E-state index contributed by atoms with van der Waals surface area (Å²) in [6, 6.07) is 2.62. The number of nitrogen functional groups attached to an aromatic ring is 1. The van der Waals surface area contributed by atoms with Gasteiger partial charge in [-0.3, -0.25) is 0 Å². The number of carboxylic acid groups (broad SMARTS) is 1. The van der Waals surface area contributed by atoms with E-state index in [2.05, 4.69) is 11.6 Å². The van der Waals surface area contributed by atoms with Gasteiger partial charge in [0.05, 0.1) is 11.4 Å². The lowest BCUT2D eigenvalue weighted by atomic mass is 9.84. The zero-order chi connectivity index (χ0) is 14.0. The van der Waals surface area contributed by atoms with Crippen molar-refractivity contribution in [3.63, 3.8) is 0 Å². The Labute approximate surface area is 115 Å². The second kappa shape index (κ2) is 5.28. The number of anilines is 2. The molecule has 1 aromatic carbocycles. The summed E-state index contributed by atoms with van der Waals surface area (Å²) < 4.78 is 13.5. The van der Waals surface area contributed by atoms with E-state index in [0.717, 1.165) is 12.8 Å². The fraction of sp³-hybridized carbons (Fsp3) is 0.462. The van der Waals surface area contributed by atoms with Crippen molar-refractivity contribution >= 4 is 29.1 Å². The standard InChI is InChI=1S/C13H17FN2O2S/c1-19-13(5-2-6-13)7-16-9-4-3-8(14)11(15)10(9)12(17)18/h3-4,16H,2,5-7,15H2,1H3,(H,17,18). The molecule has 1 aromatic rings. The number of halogens is 1. The van der Waals surface area contributed by atoms with E-state index in [-0.39, 0.29) is 16.0 Å². The molecule has 1 saturated carbocycles. The molecule has 0 spiro atoms. The normalized spacial score (nSPS) is 16.7. The van der Waals surface area contributed by atoms with Gasteiger partial charge in [0.25, 0.3) is 0 Å². The Hall–Kier alpha value is -1.43. The molecule has 0 heterocycles. The molecular formula is C13H17FN2O2S. The first kappa shape index (κ1) is 14.0. The van der Waals surface area contributed by atoms with Crippen molar-refractivity contribution in [3.8, 4) is 0 Å². The number of nitrogens with one attached hydrogen (secondary N) is 1. The predicted octanol–water partition coefficient (Wildman–Crippen LogP) is 2.80. The maximum absolute atomic E-state index is 13.3. The van der Waals surface area contributed by atoms with Crippen LogP contribution in [0.5, 0.6) is 0 Å². The highest BCUT2D eigenvalue weighted by Gasteiger charge is 2.36. The molecule has 0 aliphatic heterocycles. The molecule has 4 N–H and O–H groups in total. The molecule has 1 aliphatic rings. The fourth-order valence-electron chi connectivity index (χ4n) is 2.25. The molecule has 1 aliphatic carbocycles. The van der Waals surface area contributed by atoms with Gasteiger partial charge in [0.1, 0.15) is 11.4 Å². The van der Waals surface area contributed by atoms with Gasteiger partial charge in [0.15, 0.2) is 0 Å². The van der Waals surface area contributed by atoms with E-state index in [1.54, 1.807) is 11.8 Å². The van der Waals surface area contributed by atoms with E-state index in [0.29, 0.717) is 12.2 Å². The van der Waals surface area contributed by atoms with E-state index >= 15 is 0 Å². The maximum atomic E-state index is 13.3. The van der Waals surface area contributed by atoms with Crippen LogP contribution in [-0.4, -0.2) is 28.6 Å². The molecule has 4 nitrogen and oxygen atoms in total. The van der Waals surface area contributed by atoms with Gasteiger partial charge in [0, 0.05) is 11.3 Å². The Morgan fingerprint density at radius 3 is 2.74 bits per heavy atom. The number of rotatable bonds is 5. The van der Waals surface area contributed by atoms with Crippen molar-refractivity contribution in [1.82, 2.24) is 0 Å². The molecule has 1 fully saturated rings. The summed E-state index contributed by atoms with van der Waals surface area (Å²) in [7, 11) is 0. The third-order valence-electron chi connectivity index (χ3n) is 3.70. The summed E-state index contributed by atoms with van der Waals surface area (Å²) in [6.45, 7) is 0.666. The van der Waals surface area contributed by atoms with Crippen LogP contribution in [0.4, 0.5) is 15.8 Å². The largest absolute Gasteiger partial charge is 0.478 e. The molecular weight excluding hydrogens is 267 g/mol. The van der Waals surface area contributed by atoms with Gasteiger partial charge in [0.2, 0.25) is 0 Å². The van der Waals surface area contributed by atoms with Crippen LogP contribution in [0, 0.1) is 5.82 Å². The van der Waals surface area contributed by atoms with Gasteiger partial charge in [-0.15, -0.1) is 0 Å². The first-order valence-electron chi connectivity index (χ1n) is 6.09. The lowest BCUT2D eigenvalue weighted by Gasteiger charge is -2.40. The zero-order valence-electron chi connectivity index (χ0n) is 10.7. The lowest BCUT2D eigenvalue weighted by molar-refractivity contribution is 0.0698. The van der Waals surface area contributed by atoms with Crippen LogP contribution < -0.4 is 11.1 Å². The van der Waals surface area contributed by atoms with E-state index < -0.39 is 11.8 Å². The highest BCUT2D eigenvalue weighted by Crippen LogP contribution is 2.43. The molecule has 0 unspecified atom stereocenters. The molecule has 0 bridgehead atoms. The lowest BCUT2D eigenvalue weighted by Crippen LogP contribution is -2.40. The first-order chi connectivity index (χ1) is 8.99. The van der Waals surface area contributed by atoms with Crippen molar-refractivity contribution in [3.05, 3.63) is 23.5 Å². The van der Waals surface area contributed by atoms with E-state index in [9.17, 15) is 9.18 Å². The van der Waals surface area contributed by atoms with Crippen LogP contribution in [0.15, 0.2) is 12.1 Å². The van der Waals surface area contributed by atoms with Crippen LogP contribution in [0.3, 0.4) is 0 Å². The zero-order valence-corrected chi connectivity index (χ0v) is 11.5. The monoisotopic (exact) mass is 284 g/mol. The number of carboxylic acids is 1. The smallest absolute Gasteiger partial charge is 0.340 e. The van der Waals surface area contributed by atoms with Crippen molar-refractivity contribution in [1.29, 1.82) is 0 Å². The number of hydrogen-bond acceptors (Lipinski definition) is 4. The van der Waals surface area contributed by atoms with Gasteiger partial charge in [-0.25, -0.2) is 9.18 Å². The van der Waals surface area contributed by atoms with Gasteiger partial charge in [-0.1, -0.05) is 6.42 Å². The summed E-state index contributed by atoms with van der Waals surface area (Å²) in [4.78, 5) is 11.2.